The van der Waals surface area contributed by atoms with Gasteiger partial charge in [-0.1, -0.05) is 70.5 Å². The number of likely N-dealkylation sites (tertiary alicyclic amines) is 2. The lowest BCUT2D eigenvalue weighted by molar-refractivity contribution is -0.138. The van der Waals surface area contributed by atoms with Gasteiger partial charge in [-0.2, -0.15) is 0 Å². The first-order valence-electron chi connectivity index (χ1n) is 13.7. The van der Waals surface area contributed by atoms with Gasteiger partial charge in [0.05, 0.1) is 24.1 Å². The van der Waals surface area contributed by atoms with E-state index in [0.29, 0.717) is 23.8 Å². The highest BCUT2D eigenvalue weighted by molar-refractivity contribution is 9.10. The number of rotatable bonds is 9. The van der Waals surface area contributed by atoms with Crippen molar-refractivity contribution in [2.75, 3.05) is 33.3 Å². The van der Waals surface area contributed by atoms with Crippen LogP contribution < -0.4 is 10.1 Å². The van der Waals surface area contributed by atoms with Crippen molar-refractivity contribution in [1.82, 2.24) is 15.1 Å². The highest BCUT2D eigenvalue weighted by atomic mass is 79.9. The van der Waals surface area contributed by atoms with Crippen LogP contribution >= 0.6 is 15.9 Å². The number of benzene rings is 3. The number of methoxy groups -OCH3 is 1. The van der Waals surface area contributed by atoms with E-state index in [-0.39, 0.29) is 17.4 Å². The summed E-state index contributed by atoms with van der Waals surface area (Å²) in [6, 6.07) is 25.6. The van der Waals surface area contributed by atoms with Gasteiger partial charge in [0.2, 0.25) is 5.91 Å². The maximum atomic E-state index is 13.5. The number of carbonyl (C=O) groups is 2. The number of carbonyl (C=O) groups excluding carboxylic acids is 2. The van der Waals surface area contributed by atoms with Crippen molar-refractivity contribution in [2.24, 2.45) is 5.41 Å². The molecule has 2 saturated heterocycles. The predicted octanol–water partition coefficient (Wildman–Crippen LogP) is 5.83. The van der Waals surface area contributed by atoms with Crippen molar-refractivity contribution in [3.63, 3.8) is 0 Å². The van der Waals surface area contributed by atoms with Crippen LogP contribution in [0.25, 0.3) is 0 Å². The molecule has 0 aliphatic carbocycles. The van der Waals surface area contributed by atoms with Crippen LogP contribution in [0, 0.1) is 5.41 Å². The zero-order valence-electron chi connectivity index (χ0n) is 22.4. The standard InChI is InChI=1S/C32H36BrN3O3/c1-39-29-10-6-5-9-27(29)30(37)34-28(25-7-3-2-4-8-25)15-19-35-20-16-32(17-21-35)18-22-36(31(32)38)23-24-11-13-26(33)14-12-24/h2-14,28H,15-23H2,1H3,(H,34,37). The van der Waals surface area contributed by atoms with Gasteiger partial charge < -0.3 is 19.9 Å². The number of ether oxygens (including phenoxy) is 1. The van der Waals surface area contributed by atoms with Crippen LogP contribution in [0.3, 0.4) is 0 Å². The van der Waals surface area contributed by atoms with Crippen molar-refractivity contribution in [3.05, 3.63) is 100 Å². The Kier molecular flexibility index (Phi) is 8.68. The molecule has 2 fully saturated rings. The van der Waals surface area contributed by atoms with E-state index in [9.17, 15) is 9.59 Å². The smallest absolute Gasteiger partial charge is 0.255 e. The number of nitrogens with one attached hydrogen (secondary N) is 1. The van der Waals surface area contributed by atoms with E-state index in [1.54, 1.807) is 19.2 Å². The average Bonchev–Trinajstić information content (AvgIpc) is 3.27. The van der Waals surface area contributed by atoms with Crippen molar-refractivity contribution in [2.45, 2.75) is 38.3 Å². The summed E-state index contributed by atoms with van der Waals surface area (Å²) in [4.78, 5) is 31.1. The van der Waals surface area contributed by atoms with Gasteiger partial charge in [0, 0.05) is 24.1 Å². The summed E-state index contributed by atoms with van der Waals surface area (Å²) in [5.41, 5.74) is 2.57. The van der Waals surface area contributed by atoms with E-state index in [0.717, 1.165) is 61.9 Å². The Morgan fingerprint density at radius 2 is 1.62 bits per heavy atom. The second-order valence-electron chi connectivity index (χ2n) is 10.7. The Labute approximate surface area is 239 Å². The topological polar surface area (TPSA) is 61.9 Å². The lowest BCUT2D eigenvalue weighted by atomic mass is 9.77. The van der Waals surface area contributed by atoms with Crippen molar-refractivity contribution in [1.29, 1.82) is 0 Å². The number of piperidine rings is 1. The van der Waals surface area contributed by atoms with E-state index in [1.165, 1.54) is 5.56 Å². The molecular weight excluding hydrogens is 554 g/mol. The highest BCUT2D eigenvalue weighted by Crippen LogP contribution is 2.42. The minimum atomic E-state index is -0.219. The molecule has 1 unspecified atom stereocenters. The van der Waals surface area contributed by atoms with E-state index >= 15 is 0 Å². The first kappa shape index (κ1) is 27.4. The summed E-state index contributed by atoms with van der Waals surface area (Å²) >= 11 is 3.48. The molecule has 2 aliphatic heterocycles. The molecule has 204 valence electrons. The highest BCUT2D eigenvalue weighted by Gasteiger charge is 2.47. The molecule has 0 aromatic heterocycles. The first-order chi connectivity index (χ1) is 19.0. The molecule has 7 heteroatoms. The molecule has 5 rings (SSSR count). The molecule has 2 heterocycles. The van der Waals surface area contributed by atoms with Gasteiger partial charge in [-0.05, 0) is 74.2 Å². The third-order valence-electron chi connectivity index (χ3n) is 8.29. The molecule has 2 amide bonds. The number of para-hydroxylation sites is 1. The minimum Gasteiger partial charge on any atom is -0.496 e. The molecule has 1 spiro atoms. The molecule has 0 bridgehead atoms. The fraction of sp³-hybridized carbons (Fsp3) is 0.375. The monoisotopic (exact) mass is 589 g/mol. The van der Waals surface area contributed by atoms with Crippen LogP contribution in [0.1, 0.15) is 53.2 Å². The number of nitrogens with zero attached hydrogens (tertiary/aromatic N) is 2. The Balaban J connectivity index is 1.18. The van der Waals surface area contributed by atoms with Crippen LogP contribution in [0.15, 0.2) is 83.3 Å². The van der Waals surface area contributed by atoms with Crippen molar-refractivity contribution < 1.29 is 14.3 Å². The maximum Gasteiger partial charge on any atom is 0.255 e. The third-order valence-corrected chi connectivity index (χ3v) is 8.82. The summed E-state index contributed by atoms with van der Waals surface area (Å²) < 4.78 is 6.46. The number of halogens is 1. The van der Waals surface area contributed by atoms with Gasteiger partial charge in [0.15, 0.2) is 0 Å². The molecule has 39 heavy (non-hydrogen) atoms. The minimum absolute atomic E-state index is 0.117. The van der Waals surface area contributed by atoms with E-state index in [4.69, 9.17) is 4.74 Å². The van der Waals surface area contributed by atoms with Gasteiger partial charge in [0.25, 0.3) is 5.91 Å². The SMILES string of the molecule is COc1ccccc1C(=O)NC(CCN1CCC2(CC1)CCN(Cc1ccc(Br)cc1)C2=O)c1ccccc1. The fourth-order valence-electron chi connectivity index (χ4n) is 5.91. The van der Waals surface area contributed by atoms with Crippen LogP contribution in [0.2, 0.25) is 0 Å². The largest absolute Gasteiger partial charge is 0.496 e. The Morgan fingerprint density at radius 3 is 2.33 bits per heavy atom. The normalized spacial score (nSPS) is 17.8. The summed E-state index contributed by atoms with van der Waals surface area (Å²) in [6.07, 6.45) is 3.53. The van der Waals surface area contributed by atoms with Crippen molar-refractivity contribution >= 4 is 27.7 Å². The van der Waals surface area contributed by atoms with Gasteiger partial charge in [-0.3, -0.25) is 9.59 Å². The lowest BCUT2D eigenvalue weighted by Crippen LogP contribution is -2.45. The average molecular weight is 591 g/mol. The zero-order chi connectivity index (χ0) is 27.2. The lowest BCUT2D eigenvalue weighted by Gasteiger charge is -2.38. The fourth-order valence-corrected chi connectivity index (χ4v) is 6.17. The molecular formula is C32H36BrN3O3. The van der Waals surface area contributed by atoms with Crippen LogP contribution in [-0.4, -0.2) is 54.9 Å². The summed E-state index contributed by atoms with van der Waals surface area (Å²) in [5.74, 6) is 0.746. The van der Waals surface area contributed by atoms with Crippen LogP contribution in [-0.2, 0) is 11.3 Å². The summed E-state index contributed by atoms with van der Waals surface area (Å²) in [5, 5.41) is 3.24. The molecule has 2 aliphatic rings. The predicted molar refractivity (Wildman–Crippen MR) is 157 cm³/mol. The van der Waals surface area contributed by atoms with E-state index in [2.05, 4.69) is 50.4 Å². The Hall–Kier alpha value is -3.16. The first-order valence-corrected chi connectivity index (χ1v) is 14.5. The maximum absolute atomic E-state index is 13.5. The van der Waals surface area contributed by atoms with E-state index < -0.39 is 0 Å². The second kappa shape index (κ2) is 12.3. The number of hydrogen-bond acceptors (Lipinski definition) is 4. The number of amides is 2. The van der Waals surface area contributed by atoms with Crippen LogP contribution in [0.4, 0.5) is 0 Å². The molecule has 1 N–H and O–H groups in total. The van der Waals surface area contributed by atoms with Gasteiger partial charge in [-0.25, -0.2) is 0 Å². The Morgan fingerprint density at radius 1 is 0.949 bits per heavy atom. The molecule has 3 aromatic carbocycles. The quantitative estimate of drug-likeness (QED) is 0.341. The Bertz CT molecular complexity index is 1270. The van der Waals surface area contributed by atoms with Gasteiger partial charge >= 0.3 is 0 Å². The summed E-state index contributed by atoms with van der Waals surface area (Å²) in [7, 11) is 1.58. The van der Waals surface area contributed by atoms with Gasteiger partial charge in [0.1, 0.15) is 5.75 Å². The van der Waals surface area contributed by atoms with Crippen LogP contribution in [0.5, 0.6) is 5.75 Å². The molecule has 3 aromatic rings. The molecule has 0 saturated carbocycles. The molecule has 1 atom stereocenters. The molecule has 0 radical (unpaired) electrons. The summed E-state index contributed by atoms with van der Waals surface area (Å²) in [6.45, 7) is 4.18. The third kappa shape index (κ3) is 6.36. The molecule has 6 nitrogen and oxygen atoms in total. The van der Waals surface area contributed by atoms with Gasteiger partial charge in [-0.15, -0.1) is 0 Å². The van der Waals surface area contributed by atoms with Crippen molar-refractivity contribution in [3.8, 4) is 5.75 Å². The zero-order valence-corrected chi connectivity index (χ0v) is 24.0. The van der Waals surface area contributed by atoms with E-state index in [1.807, 2.05) is 47.4 Å². The second-order valence-corrected chi connectivity index (χ2v) is 11.6. The number of hydrogen-bond donors (Lipinski definition) is 1.